The Balaban J connectivity index is 1.05. The quantitative estimate of drug-likeness (QED) is 0.169. The molecule has 0 bridgehead atoms. The first-order chi connectivity index (χ1) is 29.0. The van der Waals surface area contributed by atoms with Crippen LogP contribution in [0.5, 0.6) is 0 Å². The molecule has 0 radical (unpaired) electrons. The van der Waals surface area contributed by atoms with E-state index in [2.05, 4.69) is 220 Å². The van der Waals surface area contributed by atoms with Crippen LogP contribution in [0.1, 0.15) is 25.0 Å². The lowest BCUT2D eigenvalue weighted by atomic mass is 9.81. The van der Waals surface area contributed by atoms with Gasteiger partial charge in [0.25, 0.3) is 0 Å². The smallest absolute Gasteiger partial charge is 0.161 e. The zero-order valence-electron chi connectivity index (χ0n) is 33.0. The van der Waals surface area contributed by atoms with E-state index in [9.17, 15) is 0 Å². The SMILES string of the molecule is CC1(C)c2ccc(-c3ccc(-c4nc(-c5ccc(-c6ccccc6)cc5)cc(-c5ccc(-c6ccccc6)cc5)n4)c4ccccc34)cc2-c2c1ccc1ccccc21. The van der Waals surface area contributed by atoms with Gasteiger partial charge in [0.05, 0.1) is 11.4 Å². The normalized spacial score (nSPS) is 12.7. The molecular formula is C57H40N2. The predicted molar refractivity (Wildman–Crippen MR) is 247 cm³/mol. The van der Waals surface area contributed by atoms with E-state index < -0.39 is 0 Å². The summed E-state index contributed by atoms with van der Waals surface area (Å²) in [5.74, 6) is 0.704. The zero-order valence-corrected chi connectivity index (χ0v) is 33.0. The zero-order chi connectivity index (χ0) is 39.5. The van der Waals surface area contributed by atoms with Crippen molar-refractivity contribution in [3.63, 3.8) is 0 Å². The molecule has 9 aromatic carbocycles. The van der Waals surface area contributed by atoms with Crippen molar-refractivity contribution in [2.24, 2.45) is 0 Å². The third kappa shape index (κ3) is 5.96. The van der Waals surface area contributed by atoms with Crippen molar-refractivity contribution in [1.29, 1.82) is 0 Å². The van der Waals surface area contributed by atoms with Crippen molar-refractivity contribution in [2.45, 2.75) is 19.3 Å². The van der Waals surface area contributed by atoms with Crippen LogP contribution in [0.15, 0.2) is 206 Å². The van der Waals surface area contributed by atoms with E-state index in [0.29, 0.717) is 5.82 Å². The first-order valence-corrected chi connectivity index (χ1v) is 20.4. The Labute approximate surface area is 345 Å². The minimum Gasteiger partial charge on any atom is -0.228 e. The second-order valence-corrected chi connectivity index (χ2v) is 16.1. The lowest BCUT2D eigenvalue weighted by molar-refractivity contribution is 0.661. The maximum atomic E-state index is 5.33. The highest BCUT2D eigenvalue weighted by molar-refractivity contribution is 6.07. The van der Waals surface area contributed by atoms with Gasteiger partial charge in [-0.2, -0.15) is 0 Å². The van der Waals surface area contributed by atoms with Gasteiger partial charge < -0.3 is 0 Å². The van der Waals surface area contributed by atoms with Gasteiger partial charge in [-0.3, -0.25) is 0 Å². The predicted octanol–water partition coefficient (Wildman–Crippen LogP) is 15.1. The van der Waals surface area contributed by atoms with Crippen LogP contribution < -0.4 is 0 Å². The molecule has 59 heavy (non-hydrogen) atoms. The molecular weight excluding hydrogens is 713 g/mol. The monoisotopic (exact) mass is 752 g/mol. The highest BCUT2D eigenvalue weighted by atomic mass is 14.9. The number of nitrogens with zero attached hydrogens (tertiary/aromatic N) is 2. The molecule has 1 aromatic heterocycles. The molecule has 0 saturated carbocycles. The molecule has 1 aliphatic carbocycles. The van der Waals surface area contributed by atoms with Crippen LogP contribution in [0.2, 0.25) is 0 Å². The summed E-state index contributed by atoms with van der Waals surface area (Å²) in [6.45, 7) is 4.71. The number of aromatic nitrogens is 2. The lowest BCUT2D eigenvalue weighted by Gasteiger charge is -2.21. The minimum atomic E-state index is -0.0804. The first kappa shape index (κ1) is 34.8. The molecule has 2 nitrogen and oxygen atoms in total. The van der Waals surface area contributed by atoms with E-state index in [-0.39, 0.29) is 5.41 Å². The summed E-state index contributed by atoms with van der Waals surface area (Å²) in [6.07, 6.45) is 0. The Morgan fingerprint density at radius 3 is 1.39 bits per heavy atom. The molecule has 0 N–H and O–H groups in total. The molecule has 278 valence electrons. The van der Waals surface area contributed by atoms with Crippen molar-refractivity contribution in [2.75, 3.05) is 0 Å². The third-order valence-electron chi connectivity index (χ3n) is 12.3. The highest BCUT2D eigenvalue weighted by Gasteiger charge is 2.36. The number of rotatable bonds is 6. The Bertz CT molecular complexity index is 3100. The molecule has 1 aliphatic rings. The van der Waals surface area contributed by atoms with Crippen LogP contribution in [0.3, 0.4) is 0 Å². The Morgan fingerprint density at radius 2 is 0.780 bits per heavy atom. The molecule has 2 heteroatoms. The number of hydrogen-bond donors (Lipinski definition) is 0. The molecule has 0 aliphatic heterocycles. The molecule has 1 heterocycles. The maximum Gasteiger partial charge on any atom is 0.161 e. The van der Waals surface area contributed by atoms with E-state index in [1.54, 1.807) is 0 Å². The Hall–Kier alpha value is -7.42. The average Bonchev–Trinajstić information content (AvgIpc) is 3.54. The number of hydrogen-bond acceptors (Lipinski definition) is 2. The summed E-state index contributed by atoms with van der Waals surface area (Å²) in [6, 6.07) is 74.3. The summed E-state index contributed by atoms with van der Waals surface area (Å²) in [4.78, 5) is 10.7. The van der Waals surface area contributed by atoms with Crippen LogP contribution >= 0.6 is 0 Å². The standard InChI is InChI=1S/C57H40N2/c1-57(2)51-33-30-44(35-50(51)55-46-18-10-9-17-41(46)29-34-52(55)57)45-31-32-49(48-20-12-11-19-47(45)48)56-58-53(42-25-21-39(22-26-42)37-13-5-3-6-14-37)36-54(59-56)43-27-23-40(24-28-43)38-15-7-4-8-16-38/h3-36H,1-2H3. The summed E-state index contributed by atoms with van der Waals surface area (Å²) in [5, 5.41) is 4.89. The second-order valence-electron chi connectivity index (χ2n) is 16.1. The van der Waals surface area contributed by atoms with E-state index in [1.807, 2.05) is 0 Å². The summed E-state index contributed by atoms with van der Waals surface area (Å²) in [7, 11) is 0. The molecule has 0 atom stereocenters. The largest absolute Gasteiger partial charge is 0.228 e. The van der Waals surface area contributed by atoms with Crippen LogP contribution in [-0.4, -0.2) is 9.97 Å². The molecule has 0 amide bonds. The minimum absolute atomic E-state index is 0.0804. The molecule has 0 spiro atoms. The fraction of sp³-hybridized carbons (Fsp3) is 0.0526. The summed E-state index contributed by atoms with van der Waals surface area (Å²) in [5.41, 5.74) is 17.4. The van der Waals surface area contributed by atoms with Gasteiger partial charge in [0, 0.05) is 22.1 Å². The van der Waals surface area contributed by atoms with E-state index in [0.717, 1.165) is 33.5 Å². The molecule has 0 saturated heterocycles. The van der Waals surface area contributed by atoms with E-state index >= 15 is 0 Å². The third-order valence-corrected chi connectivity index (χ3v) is 12.3. The summed E-state index contributed by atoms with van der Waals surface area (Å²) >= 11 is 0. The van der Waals surface area contributed by atoms with Crippen LogP contribution in [-0.2, 0) is 5.41 Å². The van der Waals surface area contributed by atoms with Crippen LogP contribution in [0, 0.1) is 0 Å². The molecule has 0 fully saturated rings. The van der Waals surface area contributed by atoms with Gasteiger partial charge >= 0.3 is 0 Å². The first-order valence-electron chi connectivity index (χ1n) is 20.4. The van der Waals surface area contributed by atoms with E-state index in [4.69, 9.17) is 9.97 Å². The molecule has 0 unspecified atom stereocenters. The van der Waals surface area contributed by atoms with Crippen molar-refractivity contribution in [3.05, 3.63) is 217 Å². The average molecular weight is 753 g/mol. The lowest BCUT2D eigenvalue weighted by Crippen LogP contribution is -2.14. The van der Waals surface area contributed by atoms with Gasteiger partial charge in [0.15, 0.2) is 5.82 Å². The van der Waals surface area contributed by atoms with Crippen LogP contribution in [0.4, 0.5) is 0 Å². The van der Waals surface area contributed by atoms with Crippen molar-refractivity contribution >= 4 is 21.5 Å². The number of benzene rings is 9. The summed E-state index contributed by atoms with van der Waals surface area (Å²) < 4.78 is 0. The van der Waals surface area contributed by atoms with Gasteiger partial charge in [-0.15, -0.1) is 0 Å². The van der Waals surface area contributed by atoms with Gasteiger partial charge in [0.2, 0.25) is 0 Å². The van der Waals surface area contributed by atoms with Gasteiger partial charge in [-0.05, 0) is 95.4 Å². The van der Waals surface area contributed by atoms with Gasteiger partial charge in [-0.1, -0.05) is 202 Å². The van der Waals surface area contributed by atoms with Crippen molar-refractivity contribution in [3.8, 4) is 78.4 Å². The van der Waals surface area contributed by atoms with Gasteiger partial charge in [0.1, 0.15) is 0 Å². The Kier molecular flexibility index (Phi) is 8.20. The van der Waals surface area contributed by atoms with Gasteiger partial charge in [-0.25, -0.2) is 9.97 Å². The fourth-order valence-electron chi connectivity index (χ4n) is 9.23. The van der Waals surface area contributed by atoms with Crippen molar-refractivity contribution < 1.29 is 0 Å². The maximum absolute atomic E-state index is 5.33. The fourth-order valence-corrected chi connectivity index (χ4v) is 9.23. The van der Waals surface area contributed by atoms with Crippen LogP contribution in [0.25, 0.3) is 100.0 Å². The highest BCUT2D eigenvalue weighted by Crippen LogP contribution is 2.52. The molecule has 11 rings (SSSR count). The number of fused-ring (bicyclic) bond motifs is 6. The topological polar surface area (TPSA) is 25.8 Å². The van der Waals surface area contributed by atoms with E-state index in [1.165, 1.54) is 71.8 Å². The molecule has 10 aromatic rings. The van der Waals surface area contributed by atoms with Crippen molar-refractivity contribution in [1.82, 2.24) is 9.97 Å². The second kappa shape index (κ2) is 13.9. The Morgan fingerprint density at radius 1 is 0.322 bits per heavy atom.